The number of hydrogen-bond donors (Lipinski definition) is 1. The van der Waals surface area contributed by atoms with Crippen LogP contribution in [0, 0.1) is 0 Å². The van der Waals surface area contributed by atoms with Gasteiger partial charge in [-0.25, -0.2) is 4.99 Å². The van der Waals surface area contributed by atoms with E-state index in [1.54, 1.807) is 12.1 Å². The van der Waals surface area contributed by atoms with Crippen LogP contribution in [-0.2, 0) is 6.54 Å². The van der Waals surface area contributed by atoms with Crippen LogP contribution in [0.15, 0.2) is 52.1 Å². The number of carbonyl (C=O) groups is 1. The van der Waals surface area contributed by atoms with Crippen LogP contribution in [0.4, 0.5) is 5.69 Å². The number of nitrogens with one attached hydrogen (secondary N) is 1. The van der Waals surface area contributed by atoms with Crippen LogP contribution in [0.5, 0.6) is 0 Å². The number of anilines is 1. The first-order valence-corrected chi connectivity index (χ1v) is 9.70. The van der Waals surface area contributed by atoms with Gasteiger partial charge in [-0.3, -0.25) is 4.79 Å². The Bertz CT molecular complexity index is 799. The van der Waals surface area contributed by atoms with Gasteiger partial charge >= 0.3 is 0 Å². The van der Waals surface area contributed by atoms with Gasteiger partial charge in [0.25, 0.3) is 5.91 Å². The van der Waals surface area contributed by atoms with Gasteiger partial charge in [0.1, 0.15) is 0 Å². The van der Waals surface area contributed by atoms with Crippen LogP contribution in [0.25, 0.3) is 0 Å². The van der Waals surface area contributed by atoms with Gasteiger partial charge < -0.3 is 24.4 Å². The molecule has 0 aliphatic carbocycles. The molecule has 0 unspecified atom stereocenters. The van der Waals surface area contributed by atoms with Crippen LogP contribution in [0.2, 0.25) is 0 Å². The summed E-state index contributed by atoms with van der Waals surface area (Å²) in [4.78, 5) is 23.4. The molecular formula is C21H30IN5O2. The number of nitrogens with zero attached hydrogens (tertiary/aromatic N) is 4. The van der Waals surface area contributed by atoms with E-state index in [-0.39, 0.29) is 29.9 Å². The van der Waals surface area contributed by atoms with E-state index >= 15 is 0 Å². The Hall–Kier alpha value is -2.23. The monoisotopic (exact) mass is 511 g/mol. The summed E-state index contributed by atoms with van der Waals surface area (Å²) in [5.74, 6) is 1.24. The molecule has 7 nitrogen and oxygen atoms in total. The second-order valence-electron chi connectivity index (χ2n) is 6.99. The number of piperazine rings is 1. The average molecular weight is 511 g/mol. The molecular weight excluding hydrogens is 481 g/mol. The van der Waals surface area contributed by atoms with E-state index in [4.69, 9.17) is 9.41 Å². The molecule has 8 heteroatoms. The Balaban J connectivity index is 0.00000300. The summed E-state index contributed by atoms with van der Waals surface area (Å²) in [6.07, 6.45) is 1.53. The van der Waals surface area contributed by atoms with Crippen molar-refractivity contribution in [3.8, 4) is 0 Å². The molecule has 1 aromatic carbocycles. The lowest BCUT2D eigenvalue weighted by Crippen LogP contribution is -2.53. The largest absolute Gasteiger partial charge is 0.459 e. The fourth-order valence-corrected chi connectivity index (χ4v) is 3.20. The predicted octanol–water partition coefficient (Wildman–Crippen LogP) is 2.89. The minimum absolute atomic E-state index is 0. The van der Waals surface area contributed by atoms with Crippen LogP contribution < -0.4 is 10.2 Å². The Morgan fingerprint density at radius 2 is 1.86 bits per heavy atom. The Morgan fingerprint density at radius 1 is 1.14 bits per heavy atom. The van der Waals surface area contributed by atoms with Crippen LogP contribution in [0.3, 0.4) is 0 Å². The highest BCUT2D eigenvalue weighted by atomic mass is 127. The summed E-state index contributed by atoms with van der Waals surface area (Å²) in [6.45, 7) is 6.29. The number of halogens is 1. The molecule has 1 saturated heterocycles. The van der Waals surface area contributed by atoms with Crippen molar-refractivity contribution in [1.29, 1.82) is 0 Å². The first kappa shape index (κ1) is 23.1. The van der Waals surface area contributed by atoms with Gasteiger partial charge in [0.15, 0.2) is 11.7 Å². The molecule has 29 heavy (non-hydrogen) atoms. The smallest absolute Gasteiger partial charge is 0.289 e. The topological polar surface area (TPSA) is 64.3 Å². The zero-order valence-electron chi connectivity index (χ0n) is 17.3. The van der Waals surface area contributed by atoms with Crippen LogP contribution in [-0.4, -0.2) is 68.5 Å². The van der Waals surface area contributed by atoms with Crippen molar-refractivity contribution < 1.29 is 9.21 Å². The molecule has 0 atom stereocenters. The molecule has 1 amide bonds. The van der Waals surface area contributed by atoms with Gasteiger partial charge in [-0.2, -0.15) is 0 Å². The molecule has 0 saturated carbocycles. The number of hydrogen-bond acceptors (Lipinski definition) is 4. The number of benzene rings is 1. The molecule has 1 aromatic heterocycles. The second-order valence-corrected chi connectivity index (χ2v) is 6.99. The maximum Gasteiger partial charge on any atom is 0.289 e. The quantitative estimate of drug-likeness (QED) is 0.380. The van der Waals surface area contributed by atoms with Crippen molar-refractivity contribution in [2.45, 2.75) is 13.5 Å². The lowest BCUT2D eigenvalue weighted by molar-refractivity contribution is 0.0657. The number of rotatable bonds is 5. The summed E-state index contributed by atoms with van der Waals surface area (Å²) in [5, 5.41) is 3.38. The minimum Gasteiger partial charge on any atom is -0.459 e. The van der Waals surface area contributed by atoms with E-state index in [9.17, 15) is 4.79 Å². The Morgan fingerprint density at radius 3 is 2.48 bits per heavy atom. The molecule has 2 aromatic rings. The lowest BCUT2D eigenvalue weighted by Gasteiger charge is -2.36. The number of aliphatic imine (C=N–C) groups is 1. The van der Waals surface area contributed by atoms with E-state index < -0.39 is 0 Å². The third-order valence-electron chi connectivity index (χ3n) is 4.77. The van der Waals surface area contributed by atoms with E-state index in [1.807, 2.05) is 19.0 Å². The fraction of sp³-hybridized carbons (Fsp3) is 0.429. The van der Waals surface area contributed by atoms with Crippen molar-refractivity contribution in [3.05, 3.63) is 54.0 Å². The normalized spacial score (nSPS) is 14.4. The summed E-state index contributed by atoms with van der Waals surface area (Å²) < 4.78 is 5.23. The van der Waals surface area contributed by atoms with E-state index in [0.29, 0.717) is 25.4 Å². The van der Waals surface area contributed by atoms with Gasteiger partial charge in [0.05, 0.1) is 12.8 Å². The van der Waals surface area contributed by atoms with E-state index in [1.165, 1.54) is 17.5 Å². The van der Waals surface area contributed by atoms with Crippen molar-refractivity contribution >= 4 is 41.5 Å². The zero-order chi connectivity index (χ0) is 19.9. The van der Waals surface area contributed by atoms with Crippen LogP contribution >= 0.6 is 24.0 Å². The summed E-state index contributed by atoms with van der Waals surface area (Å²) in [5.41, 5.74) is 2.34. The minimum atomic E-state index is -0.0490. The number of furan rings is 1. The molecule has 158 valence electrons. The highest BCUT2D eigenvalue weighted by molar-refractivity contribution is 14.0. The maximum absolute atomic E-state index is 12.4. The molecule has 3 rings (SSSR count). The third-order valence-corrected chi connectivity index (χ3v) is 4.77. The molecule has 0 bridgehead atoms. The molecule has 1 aliphatic heterocycles. The van der Waals surface area contributed by atoms with Gasteiger partial charge in [-0.15, -0.1) is 24.0 Å². The third kappa shape index (κ3) is 6.12. The Kier molecular flexibility index (Phi) is 8.81. The van der Waals surface area contributed by atoms with Gasteiger partial charge in [0, 0.05) is 52.5 Å². The lowest BCUT2D eigenvalue weighted by atomic mass is 10.2. The number of guanidine groups is 1. The first-order chi connectivity index (χ1) is 13.6. The van der Waals surface area contributed by atoms with Gasteiger partial charge in [0.2, 0.25) is 0 Å². The fourth-order valence-electron chi connectivity index (χ4n) is 3.20. The molecule has 0 spiro atoms. The van der Waals surface area contributed by atoms with Crippen molar-refractivity contribution in [3.63, 3.8) is 0 Å². The first-order valence-electron chi connectivity index (χ1n) is 9.70. The Labute approximate surface area is 189 Å². The van der Waals surface area contributed by atoms with Gasteiger partial charge in [-0.05, 0) is 36.8 Å². The maximum atomic E-state index is 12.4. The van der Waals surface area contributed by atoms with Crippen molar-refractivity contribution in [2.75, 3.05) is 51.7 Å². The summed E-state index contributed by atoms with van der Waals surface area (Å²) in [6, 6.07) is 11.9. The van der Waals surface area contributed by atoms with Crippen molar-refractivity contribution in [1.82, 2.24) is 15.1 Å². The van der Waals surface area contributed by atoms with E-state index in [0.717, 1.165) is 25.6 Å². The molecule has 2 heterocycles. The standard InChI is InChI=1S/C21H29N5O2.HI/c1-4-22-21(23-16-17-7-5-8-18(15-17)24(2)3)26-12-10-25(11-13-26)20(27)19-9-6-14-28-19;/h5-9,14-15H,4,10-13,16H2,1-3H3,(H,22,23);1H. The number of carbonyl (C=O) groups excluding carboxylic acids is 1. The van der Waals surface area contributed by atoms with Crippen LogP contribution in [0.1, 0.15) is 23.0 Å². The zero-order valence-corrected chi connectivity index (χ0v) is 19.6. The summed E-state index contributed by atoms with van der Waals surface area (Å²) >= 11 is 0. The number of amides is 1. The summed E-state index contributed by atoms with van der Waals surface area (Å²) in [7, 11) is 4.08. The predicted molar refractivity (Wildman–Crippen MR) is 127 cm³/mol. The van der Waals surface area contributed by atoms with E-state index in [2.05, 4.69) is 46.3 Å². The average Bonchev–Trinajstić information content (AvgIpc) is 3.26. The molecule has 0 radical (unpaired) electrons. The van der Waals surface area contributed by atoms with Gasteiger partial charge in [-0.1, -0.05) is 12.1 Å². The molecule has 1 N–H and O–H groups in total. The second kappa shape index (κ2) is 11.1. The molecule has 1 fully saturated rings. The van der Waals surface area contributed by atoms with Crippen molar-refractivity contribution in [2.24, 2.45) is 4.99 Å². The highest BCUT2D eigenvalue weighted by Crippen LogP contribution is 2.15. The highest BCUT2D eigenvalue weighted by Gasteiger charge is 2.25. The SMILES string of the molecule is CCNC(=NCc1cccc(N(C)C)c1)N1CCN(C(=O)c2ccco2)CC1.I. The molecule has 1 aliphatic rings.